The van der Waals surface area contributed by atoms with Gasteiger partial charge in [0.1, 0.15) is 0 Å². The van der Waals surface area contributed by atoms with Gasteiger partial charge in [0.15, 0.2) is 0 Å². The molecule has 1 fully saturated rings. The van der Waals surface area contributed by atoms with E-state index in [1.807, 2.05) is 0 Å². The molecule has 0 aliphatic carbocycles. The molecule has 0 bridgehead atoms. The van der Waals surface area contributed by atoms with Gasteiger partial charge in [0, 0.05) is 18.1 Å². The Balaban J connectivity index is 2.14. The third-order valence-corrected chi connectivity index (χ3v) is 5.55. The van der Waals surface area contributed by atoms with E-state index in [-0.39, 0.29) is 24.8 Å². The molecule has 1 aliphatic rings. The van der Waals surface area contributed by atoms with E-state index in [0.29, 0.717) is 10.6 Å². The number of nitrogens with zero attached hydrogens (tertiary/aromatic N) is 1. The molecule has 0 spiro atoms. The SMILES string of the molecule is C[C@@H]1CN(S(=O)(=O)Cc2cccc(Cl)c2)C[C@H]1C(=O)O. The maximum Gasteiger partial charge on any atom is 0.308 e. The topological polar surface area (TPSA) is 74.7 Å². The number of aliphatic carboxylic acids is 1. The lowest BCUT2D eigenvalue weighted by molar-refractivity contribution is -0.142. The summed E-state index contributed by atoms with van der Waals surface area (Å²) in [6.45, 7) is 2.05. The zero-order valence-corrected chi connectivity index (χ0v) is 12.6. The quantitative estimate of drug-likeness (QED) is 0.919. The summed E-state index contributed by atoms with van der Waals surface area (Å²) in [7, 11) is -3.52. The minimum absolute atomic E-state index is 0.0411. The summed E-state index contributed by atoms with van der Waals surface area (Å²) in [4.78, 5) is 11.0. The first kappa shape index (κ1) is 15.3. The fraction of sp³-hybridized carbons (Fsp3) is 0.462. The first-order valence-electron chi connectivity index (χ1n) is 6.24. The lowest BCUT2D eigenvalue weighted by atomic mass is 9.99. The van der Waals surface area contributed by atoms with E-state index in [2.05, 4.69) is 0 Å². The molecule has 0 amide bonds. The van der Waals surface area contributed by atoms with Gasteiger partial charge in [-0.2, -0.15) is 0 Å². The summed E-state index contributed by atoms with van der Waals surface area (Å²) >= 11 is 5.84. The van der Waals surface area contributed by atoms with Crippen LogP contribution in [0.3, 0.4) is 0 Å². The molecule has 1 saturated heterocycles. The number of halogens is 1. The molecular formula is C13H16ClNO4S. The Hall–Kier alpha value is -1.11. The Morgan fingerprint density at radius 3 is 2.70 bits per heavy atom. The molecule has 2 rings (SSSR count). The third-order valence-electron chi connectivity index (χ3n) is 3.53. The van der Waals surface area contributed by atoms with E-state index >= 15 is 0 Å². The lowest BCUT2D eigenvalue weighted by Gasteiger charge is -2.16. The van der Waals surface area contributed by atoms with Crippen LogP contribution < -0.4 is 0 Å². The number of carboxylic acid groups (broad SMARTS) is 1. The van der Waals surface area contributed by atoms with E-state index in [1.54, 1.807) is 31.2 Å². The van der Waals surface area contributed by atoms with Gasteiger partial charge in [-0.1, -0.05) is 30.7 Å². The van der Waals surface area contributed by atoms with Crippen LogP contribution in [0.4, 0.5) is 0 Å². The molecule has 1 aromatic rings. The smallest absolute Gasteiger partial charge is 0.308 e. The van der Waals surface area contributed by atoms with Crippen molar-refractivity contribution in [1.29, 1.82) is 0 Å². The maximum atomic E-state index is 12.3. The molecule has 1 aliphatic heterocycles. The molecule has 1 heterocycles. The zero-order chi connectivity index (χ0) is 14.9. The highest BCUT2D eigenvalue weighted by atomic mass is 35.5. The molecule has 110 valence electrons. The first-order valence-corrected chi connectivity index (χ1v) is 8.23. The van der Waals surface area contributed by atoms with Crippen LogP contribution in [0, 0.1) is 11.8 Å². The Morgan fingerprint density at radius 2 is 2.15 bits per heavy atom. The molecule has 0 unspecified atom stereocenters. The van der Waals surface area contributed by atoms with E-state index in [0.717, 1.165) is 0 Å². The van der Waals surface area contributed by atoms with Crippen LogP contribution >= 0.6 is 11.6 Å². The third kappa shape index (κ3) is 3.31. The van der Waals surface area contributed by atoms with Crippen LogP contribution in [-0.4, -0.2) is 36.9 Å². The van der Waals surface area contributed by atoms with Gasteiger partial charge in [-0.25, -0.2) is 12.7 Å². The van der Waals surface area contributed by atoms with Crippen molar-refractivity contribution in [3.05, 3.63) is 34.9 Å². The number of hydrogen-bond donors (Lipinski definition) is 1. The number of sulfonamides is 1. The van der Waals surface area contributed by atoms with Gasteiger partial charge in [0.2, 0.25) is 10.0 Å². The molecule has 1 N–H and O–H groups in total. The lowest BCUT2D eigenvalue weighted by Crippen LogP contribution is -2.31. The normalized spacial score (nSPS) is 23.9. The number of carbonyl (C=O) groups is 1. The molecule has 0 aromatic heterocycles. The monoisotopic (exact) mass is 317 g/mol. The van der Waals surface area contributed by atoms with Gasteiger partial charge in [0.25, 0.3) is 0 Å². The highest BCUT2D eigenvalue weighted by Gasteiger charge is 2.39. The van der Waals surface area contributed by atoms with E-state index in [4.69, 9.17) is 16.7 Å². The second kappa shape index (κ2) is 5.71. The van der Waals surface area contributed by atoms with Crippen LogP contribution in [0.1, 0.15) is 12.5 Å². The fourth-order valence-corrected chi connectivity index (χ4v) is 4.25. The van der Waals surface area contributed by atoms with Crippen molar-refractivity contribution in [2.75, 3.05) is 13.1 Å². The van der Waals surface area contributed by atoms with Gasteiger partial charge in [-0.05, 0) is 23.6 Å². The number of carboxylic acids is 1. The van der Waals surface area contributed by atoms with Crippen LogP contribution in [0.15, 0.2) is 24.3 Å². The highest BCUT2D eigenvalue weighted by Crippen LogP contribution is 2.27. The summed E-state index contributed by atoms with van der Waals surface area (Å²) in [6, 6.07) is 6.67. The summed E-state index contributed by atoms with van der Waals surface area (Å²) in [6.07, 6.45) is 0. The van der Waals surface area contributed by atoms with E-state index < -0.39 is 21.9 Å². The molecule has 20 heavy (non-hydrogen) atoms. The summed E-state index contributed by atoms with van der Waals surface area (Å²) < 4.78 is 25.9. The van der Waals surface area contributed by atoms with Crippen molar-refractivity contribution in [3.8, 4) is 0 Å². The first-order chi connectivity index (χ1) is 9.29. The van der Waals surface area contributed by atoms with Crippen molar-refractivity contribution in [2.45, 2.75) is 12.7 Å². The Morgan fingerprint density at radius 1 is 1.45 bits per heavy atom. The standard InChI is InChI=1S/C13H16ClNO4S/c1-9-6-15(7-12(9)13(16)17)20(18,19)8-10-3-2-4-11(14)5-10/h2-5,9,12H,6-8H2,1H3,(H,16,17)/t9-,12-/m1/s1. The van der Waals surface area contributed by atoms with Crippen molar-refractivity contribution in [3.63, 3.8) is 0 Å². The molecule has 2 atom stereocenters. The van der Waals surface area contributed by atoms with Gasteiger partial charge < -0.3 is 5.11 Å². The van der Waals surface area contributed by atoms with Crippen LogP contribution in [0.25, 0.3) is 0 Å². The summed E-state index contributed by atoms with van der Waals surface area (Å²) in [5, 5.41) is 9.54. The number of benzene rings is 1. The number of rotatable bonds is 4. The minimum atomic E-state index is -3.52. The summed E-state index contributed by atoms with van der Waals surface area (Å²) in [5.74, 6) is -1.92. The largest absolute Gasteiger partial charge is 0.481 e. The maximum absolute atomic E-state index is 12.3. The Labute approximate surface area is 123 Å². The predicted molar refractivity (Wildman–Crippen MR) is 75.9 cm³/mol. The second-order valence-corrected chi connectivity index (χ2v) is 7.53. The van der Waals surface area contributed by atoms with E-state index in [9.17, 15) is 13.2 Å². The van der Waals surface area contributed by atoms with Crippen LogP contribution in [-0.2, 0) is 20.6 Å². The van der Waals surface area contributed by atoms with Crippen molar-refractivity contribution >= 4 is 27.6 Å². The molecule has 7 heteroatoms. The average molecular weight is 318 g/mol. The summed E-state index contributed by atoms with van der Waals surface area (Å²) in [5.41, 5.74) is 0.601. The molecule has 0 radical (unpaired) electrons. The second-order valence-electron chi connectivity index (χ2n) is 5.13. The highest BCUT2D eigenvalue weighted by molar-refractivity contribution is 7.88. The minimum Gasteiger partial charge on any atom is -0.481 e. The molecular weight excluding hydrogens is 302 g/mol. The van der Waals surface area contributed by atoms with E-state index in [1.165, 1.54) is 4.31 Å². The van der Waals surface area contributed by atoms with Crippen molar-refractivity contribution < 1.29 is 18.3 Å². The van der Waals surface area contributed by atoms with Crippen LogP contribution in [0.5, 0.6) is 0 Å². The molecule has 1 aromatic carbocycles. The average Bonchev–Trinajstić information content (AvgIpc) is 2.71. The molecule has 5 nitrogen and oxygen atoms in total. The van der Waals surface area contributed by atoms with Crippen LogP contribution in [0.2, 0.25) is 5.02 Å². The Kier molecular flexibility index (Phi) is 4.36. The molecule has 0 saturated carbocycles. The number of hydrogen-bond acceptors (Lipinski definition) is 3. The Bertz CT molecular complexity index is 617. The fourth-order valence-electron chi connectivity index (χ4n) is 2.40. The zero-order valence-electron chi connectivity index (χ0n) is 11.0. The van der Waals surface area contributed by atoms with Gasteiger partial charge in [-0.15, -0.1) is 0 Å². The van der Waals surface area contributed by atoms with Gasteiger partial charge in [0.05, 0.1) is 11.7 Å². The van der Waals surface area contributed by atoms with Crippen molar-refractivity contribution in [2.24, 2.45) is 11.8 Å². The van der Waals surface area contributed by atoms with Gasteiger partial charge >= 0.3 is 5.97 Å². The van der Waals surface area contributed by atoms with Gasteiger partial charge in [-0.3, -0.25) is 4.79 Å². The van der Waals surface area contributed by atoms with Crippen molar-refractivity contribution in [1.82, 2.24) is 4.31 Å². The predicted octanol–water partition coefficient (Wildman–Crippen LogP) is 1.82.